The molecule has 0 radical (unpaired) electrons. The Balaban J connectivity index is 1.77. The zero-order chi connectivity index (χ0) is 15.8. The van der Waals surface area contributed by atoms with E-state index in [-0.39, 0.29) is 12.1 Å². The van der Waals surface area contributed by atoms with Gasteiger partial charge in [-0.2, -0.15) is 4.68 Å². The second-order valence-corrected chi connectivity index (χ2v) is 5.38. The number of nitrogens with two attached hydrogens (primary N) is 1. The Morgan fingerprint density at radius 3 is 2.83 bits per heavy atom. The molecule has 1 aliphatic heterocycles. The van der Waals surface area contributed by atoms with E-state index >= 15 is 0 Å². The van der Waals surface area contributed by atoms with Crippen molar-refractivity contribution in [3.63, 3.8) is 0 Å². The predicted octanol–water partition coefficient (Wildman–Crippen LogP) is 1.01. The Labute approximate surface area is 132 Å². The number of rotatable bonds is 3. The zero-order valence-electron chi connectivity index (χ0n) is 12.6. The second-order valence-electron chi connectivity index (χ2n) is 5.38. The van der Waals surface area contributed by atoms with Crippen molar-refractivity contribution in [1.82, 2.24) is 25.0 Å². The summed E-state index contributed by atoms with van der Waals surface area (Å²) in [4.78, 5) is 8.90. The molecule has 1 unspecified atom stereocenters. The maximum atomic E-state index is 6.05. The fourth-order valence-electron chi connectivity index (χ4n) is 2.65. The molecule has 0 aliphatic carbocycles. The molecule has 8 nitrogen and oxygen atoms in total. The lowest BCUT2D eigenvalue weighted by atomic mass is 10.1. The van der Waals surface area contributed by atoms with Crippen LogP contribution in [0.1, 0.15) is 18.3 Å². The van der Waals surface area contributed by atoms with E-state index in [0.29, 0.717) is 23.6 Å². The first-order chi connectivity index (χ1) is 11.3. The molecule has 2 aromatic heterocycles. The number of hydrogen-bond donors (Lipinski definition) is 1. The molecule has 0 bridgehead atoms. The average Bonchev–Trinajstić information content (AvgIpc) is 3.20. The van der Waals surface area contributed by atoms with Crippen molar-refractivity contribution in [2.45, 2.75) is 18.6 Å². The fourth-order valence-corrected chi connectivity index (χ4v) is 2.65. The van der Waals surface area contributed by atoms with Crippen LogP contribution in [-0.2, 0) is 4.74 Å². The van der Waals surface area contributed by atoms with E-state index in [2.05, 4.69) is 20.3 Å². The van der Waals surface area contributed by atoms with E-state index in [1.165, 1.54) is 0 Å². The molecule has 3 heterocycles. The molecule has 8 heteroatoms. The lowest BCUT2D eigenvalue weighted by Crippen LogP contribution is -2.25. The molecule has 118 valence electrons. The monoisotopic (exact) mass is 312 g/mol. The Morgan fingerprint density at radius 1 is 1.30 bits per heavy atom. The third-order valence-electron chi connectivity index (χ3n) is 3.92. The highest BCUT2D eigenvalue weighted by molar-refractivity contribution is 5.70. The Kier molecular flexibility index (Phi) is 3.40. The van der Waals surface area contributed by atoms with E-state index in [0.717, 1.165) is 17.9 Å². The topological polar surface area (TPSA) is 101 Å². The van der Waals surface area contributed by atoms with Gasteiger partial charge in [-0.15, -0.1) is 5.10 Å². The van der Waals surface area contributed by atoms with Crippen LogP contribution >= 0.6 is 0 Å². The van der Waals surface area contributed by atoms with Crippen molar-refractivity contribution >= 4 is 11.2 Å². The largest absolute Gasteiger partial charge is 0.497 e. The summed E-state index contributed by atoms with van der Waals surface area (Å²) in [5.74, 6) is 1.35. The summed E-state index contributed by atoms with van der Waals surface area (Å²) in [6, 6.07) is 7.43. The predicted molar refractivity (Wildman–Crippen MR) is 82.3 cm³/mol. The molecule has 2 atom stereocenters. The van der Waals surface area contributed by atoms with Crippen LogP contribution in [0.4, 0.5) is 0 Å². The molecule has 1 aromatic carbocycles. The van der Waals surface area contributed by atoms with Gasteiger partial charge in [0.2, 0.25) is 0 Å². The molecule has 23 heavy (non-hydrogen) atoms. The summed E-state index contributed by atoms with van der Waals surface area (Å²) >= 11 is 0. The van der Waals surface area contributed by atoms with Crippen molar-refractivity contribution in [3.8, 4) is 11.4 Å². The normalized spacial score (nSPS) is 21.0. The van der Waals surface area contributed by atoms with Crippen molar-refractivity contribution in [1.29, 1.82) is 0 Å². The minimum atomic E-state index is -0.279. The van der Waals surface area contributed by atoms with E-state index in [1.54, 1.807) is 18.0 Å². The molecule has 3 aromatic rings. The molecule has 1 aliphatic rings. The smallest absolute Gasteiger partial charge is 0.187 e. The first kappa shape index (κ1) is 14.0. The summed E-state index contributed by atoms with van der Waals surface area (Å²) in [6.45, 7) is 0.628. The molecule has 4 rings (SSSR count). The summed E-state index contributed by atoms with van der Waals surface area (Å²) in [7, 11) is 1.63. The standard InChI is InChI=1S/C15H16N6O2/c1-22-10-4-2-9(3-5-10)21-15-12(19-20-21)8-17-14(18-15)13-11(16)6-7-23-13/h2-5,8,11,13H,6-7,16H2,1H3/t11?,13-/m1/s1. The van der Waals surface area contributed by atoms with Gasteiger partial charge in [-0.1, -0.05) is 5.21 Å². The summed E-state index contributed by atoms with van der Waals surface area (Å²) in [6.07, 6.45) is 2.18. The highest BCUT2D eigenvalue weighted by atomic mass is 16.5. The molecule has 1 fully saturated rings. The van der Waals surface area contributed by atoms with Gasteiger partial charge in [0.1, 0.15) is 11.9 Å². The highest BCUT2D eigenvalue weighted by Crippen LogP contribution is 2.26. The minimum absolute atomic E-state index is 0.0854. The number of nitrogens with zero attached hydrogens (tertiary/aromatic N) is 5. The Hall–Kier alpha value is -2.58. The average molecular weight is 312 g/mol. The number of methoxy groups -OCH3 is 1. The first-order valence-corrected chi connectivity index (χ1v) is 7.36. The summed E-state index contributed by atoms with van der Waals surface area (Å²) < 4.78 is 12.5. The number of hydrogen-bond acceptors (Lipinski definition) is 7. The van der Waals surface area contributed by atoms with Crippen LogP contribution in [0.25, 0.3) is 16.9 Å². The molecule has 0 spiro atoms. The van der Waals surface area contributed by atoms with E-state index in [1.807, 2.05) is 24.3 Å². The number of aromatic nitrogens is 5. The van der Waals surface area contributed by atoms with Crippen molar-refractivity contribution < 1.29 is 9.47 Å². The lowest BCUT2D eigenvalue weighted by molar-refractivity contribution is 0.0981. The molecule has 1 saturated heterocycles. The maximum absolute atomic E-state index is 6.05. The van der Waals surface area contributed by atoms with Crippen LogP contribution in [0.3, 0.4) is 0 Å². The van der Waals surface area contributed by atoms with Gasteiger partial charge in [0.05, 0.1) is 19.0 Å². The number of fused-ring (bicyclic) bond motifs is 1. The van der Waals surface area contributed by atoms with Gasteiger partial charge in [-0.05, 0) is 30.7 Å². The number of benzene rings is 1. The maximum Gasteiger partial charge on any atom is 0.187 e. The molecule has 2 N–H and O–H groups in total. The third-order valence-corrected chi connectivity index (χ3v) is 3.92. The van der Waals surface area contributed by atoms with E-state index in [4.69, 9.17) is 15.2 Å². The lowest BCUT2D eigenvalue weighted by Gasteiger charge is -2.12. The minimum Gasteiger partial charge on any atom is -0.497 e. The van der Waals surface area contributed by atoms with Crippen LogP contribution in [0.2, 0.25) is 0 Å². The third kappa shape index (κ3) is 2.41. The second kappa shape index (κ2) is 5.56. The van der Waals surface area contributed by atoms with E-state index in [9.17, 15) is 0 Å². The Bertz CT molecular complexity index is 832. The van der Waals surface area contributed by atoms with Crippen LogP contribution in [0.15, 0.2) is 30.5 Å². The zero-order valence-corrected chi connectivity index (χ0v) is 12.6. The van der Waals surface area contributed by atoms with Crippen LogP contribution in [0.5, 0.6) is 5.75 Å². The summed E-state index contributed by atoms with van der Waals surface area (Å²) in [5, 5.41) is 8.27. The fraction of sp³-hybridized carbons (Fsp3) is 0.333. The van der Waals surface area contributed by atoms with Gasteiger partial charge >= 0.3 is 0 Å². The van der Waals surface area contributed by atoms with Gasteiger partial charge in [-0.25, -0.2) is 9.97 Å². The van der Waals surface area contributed by atoms with E-state index < -0.39 is 0 Å². The van der Waals surface area contributed by atoms with Crippen molar-refractivity contribution in [3.05, 3.63) is 36.3 Å². The highest BCUT2D eigenvalue weighted by Gasteiger charge is 2.29. The van der Waals surface area contributed by atoms with Crippen LogP contribution in [0, 0.1) is 0 Å². The molecular formula is C15H16N6O2. The van der Waals surface area contributed by atoms with Gasteiger partial charge in [0.25, 0.3) is 0 Å². The quantitative estimate of drug-likeness (QED) is 0.770. The van der Waals surface area contributed by atoms with Crippen molar-refractivity contribution in [2.24, 2.45) is 5.73 Å². The SMILES string of the molecule is COc1ccc(-n2nnc3cnc([C@@H]4OCCC4N)nc32)cc1. The Morgan fingerprint density at radius 2 is 2.13 bits per heavy atom. The van der Waals surface area contributed by atoms with Gasteiger partial charge in [0.15, 0.2) is 17.0 Å². The molecule has 0 saturated carbocycles. The van der Waals surface area contributed by atoms with Crippen LogP contribution < -0.4 is 10.5 Å². The van der Waals surface area contributed by atoms with Crippen molar-refractivity contribution in [2.75, 3.05) is 13.7 Å². The molecule has 0 amide bonds. The van der Waals surface area contributed by atoms with Gasteiger partial charge in [-0.3, -0.25) is 0 Å². The van der Waals surface area contributed by atoms with Gasteiger partial charge in [0, 0.05) is 12.6 Å². The first-order valence-electron chi connectivity index (χ1n) is 7.36. The summed E-state index contributed by atoms with van der Waals surface area (Å²) in [5.41, 5.74) is 8.15. The number of ether oxygens (including phenoxy) is 2. The van der Waals surface area contributed by atoms with Crippen LogP contribution in [-0.4, -0.2) is 44.7 Å². The van der Waals surface area contributed by atoms with Gasteiger partial charge < -0.3 is 15.2 Å². The molecular weight excluding hydrogens is 296 g/mol.